The van der Waals surface area contributed by atoms with Gasteiger partial charge in [-0.25, -0.2) is 4.98 Å². The van der Waals surface area contributed by atoms with E-state index in [1.54, 1.807) is 24.4 Å². The molecule has 1 atom stereocenters. The van der Waals surface area contributed by atoms with Crippen molar-refractivity contribution < 1.29 is 17.9 Å². The lowest BCUT2D eigenvalue weighted by atomic mass is 10.1. The first-order valence-corrected chi connectivity index (χ1v) is 10.3. The summed E-state index contributed by atoms with van der Waals surface area (Å²) in [5.74, 6) is -0.000241. The van der Waals surface area contributed by atoms with Gasteiger partial charge in [0.05, 0.1) is 12.6 Å². The van der Waals surface area contributed by atoms with Gasteiger partial charge in [-0.15, -0.1) is 13.2 Å². The number of benzene rings is 2. The van der Waals surface area contributed by atoms with Gasteiger partial charge in [-0.1, -0.05) is 35.9 Å². The highest BCUT2D eigenvalue weighted by atomic mass is 35.5. The smallest absolute Gasteiger partial charge is 0.406 e. The van der Waals surface area contributed by atoms with Crippen molar-refractivity contribution in [3.8, 4) is 5.75 Å². The Morgan fingerprint density at radius 3 is 2.42 bits per heavy atom. The van der Waals surface area contributed by atoms with Crippen LogP contribution in [0.25, 0.3) is 11.0 Å². The van der Waals surface area contributed by atoms with E-state index in [9.17, 15) is 18.0 Å². The van der Waals surface area contributed by atoms with Gasteiger partial charge in [0, 0.05) is 22.7 Å². The number of ether oxygens (including phenoxy) is 1. The average Bonchev–Trinajstić information content (AvgIpc) is 2.76. The van der Waals surface area contributed by atoms with Gasteiger partial charge in [-0.3, -0.25) is 9.36 Å². The summed E-state index contributed by atoms with van der Waals surface area (Å²) in [5.41, 5.74) is 1.70. The van der Waals surface area contributed by atoms with E-state index in [1.807, 2.05) is 19.1 Å². The zero-order valence-corrected chi connectivity index (χ0v) is 18.1. The summed E-state index contributed by atoms with van der Waals surface area (Å²) in [6.07, 6.45) is -3.16. The molecule has 2 aromatic heterocycles. The molecule has 0 fully saturated rings. The van der Waals surface area contributed by atoms with Crippen molar-refractivity contribution in [2.45, 2.75) is 25.9 Å². The van der Waals surface area contributed by atoms with Crippen molar-refractivity contribution >= 4 is 28.6 Å². The standard InChI is InChI=1S/C23H18ClF3N4O2/c1-14(16-4-7-18(24)8-5-16)29-22-28-12-17-6-11-20(32)31(21(17)30-22)13-15-2-9-19(10-3-15)33-23(25,26)27/h2-12,14H,13H2,1H3,(H,28,29,30). The van der Waals surface area contributed by atoms with Crippen LogP contribution in [-0.4, -0.2) is 20.9 Å². The molecular weight excluding hydrogens is 457 g/mol. The lowest BCUT2D eigenvalue weighted by Gasteiger charge is -2.16. The maximum Gasteiger partial charge on any atom is 0.573 e. The molecule has 4 rings (SSSR count). The predicted octanol–water partition coefficient (Wildman–Crippen LogP) is 5.56. The summed E-state index contributed by atoms with van der Waals surface area (Å²) in [7, 11) is 0. The van der Waals surface area contributed by atoms with Crippen molar-refractivity contribution in [1.82, 2.24) is 14.5 Å². The van der Waals surface area contributed by atoms with Crippen LogP contribution in [0.15, 0.2) is 71.7 Å². The number of pyridine rings is 1. The van der Waals surface area contributed by atoms with Gasteiger partial charge in [0.1, 0.15) is 11.4 Å². The first-order chi connectivity index (χ1) is 15.7. The second-order valence-electron chi connectivity index (χ2n) is 7.34. The second kappa shape index (κ2) is 9.11. The molecule has 0 saturated heterocycles. The van der Waals surface area contributed by atoms with E-state index >= 15 is 0 Å². The van der Waals surface area contributed by atoms with Crippen molar-refractivity contribution in [1.29, 1.82) is 0 Å². The monoisotopic (exact) mass is 474 g/mol. The van der Waals surface area contributed by atoms with Crippen LogP contribution in [0.3, 0.4) is 0 Å². The van der Waals surface area contributed by atoms with Gasteiger partial charge >= 0.3 is 6.36 Å². The number of aromatic nitrogens is 3. The highest BCUT2D eigenvalue weighted by Gasteiger charge is 2.30. The van der Waals surface area contributed by atoms with E-state index in [2.05, 4.69) is 20.0 Å². The number of alkyl halides is 3. The quantitative estimate of drug-likeness (QED) is 0.396. The lowest BCUT2D eigenvalue weighted by molar-refractivity contribution is -0.274. The van der Waals surface area contributed by atoms with E-state index in [0.29, 0.717) is 27.6 Å². The minimum atomic E-state index is -4.77. The van der Waals surface area contributed by atoms with E-state index < -0.39 is 6.36 Å². The molecule has 6 nitrogen and oxygen atoms in total. The average molecular weight is 475 g/mol. The zero-order chi connectivity index (χ0) is 23.6. The molecule has 33 heavy (non-hydrogen) atoms. The van der Waals surface area contributed by atoms with Crippen molar-refractivity contribution in [2.75, 3.05) is 5.32 Å². The van der Waals surface area contributed by atoms with Crippen LogP contribution in [0.1, 0.15) is 24.1 Å². The molecule has 0 aliphatic rings. The molecule has 0 spiro atoms. The highest BCUT2D eigenvalue weighted by Crippen LogP contribution is 2.24. The molecule has 170 valence electrons. The Morgan fingerprint density at radius 2 is 1.76 bits per heavy atom. The molecule has 0 aliphatic heterocycles. The molecular formula is C23H18ClF3N4O2. The normalized spacial score (nSPS) is 12.5. The van der Waals surface area contributed by atoms with Crippen molar-refractivity contribution in [3.05, 3.63) is 93.4 Å². The third-order valence-corrected chi connectivity index (χ3v) is 5.19. The summed E-state index contributed by atoms with van der Waals surface area (Å²) in [4.78, 5) is 21.4. The molecule has 0 amide bonds. The van der Waals surface area contributed by atoms with Gasteiger partial charge in [0.2, 0.25) is 5.95 Å². The fourth-order valence-corrected chi connectivity index (χ4v) is 3.43. The summed E-state index contributed by atoms with van der Waals surface area (Å²) in [5, 5.41) is 4.49. The molecule has 1 unspecified atom stereocenters. The molecule has 2 aromatic carbocycles. The minimum absolute atomic E-state index is 0.117. The predicted molar refractivity (Wildman–Crippen MR) is 120 cm³/mol. The van der Waals surface area contributed by atoms with Crippen molar-refractivity contribution in [2.24, 2.45) is 0 Å². The maximum atomic E-state index is 12.6. The summed E-state index contributed by atoms with van der Waals surface area (Å²) >= 11 is 5.94. The highest BCUT2D eigenvalue weighted by molar-refractivity contribution is 6.30. The molecule has 0 saturated carbocycles. The summed E-state index contributed by atoms with van der Waals surface area (Å²) < 4.78 is 42.5. The zero-order valence-electron chi connectivity index (χ0n) is 17.3. The number of halogens is 4. The van der Waals surface area contributed by atoms with Gasteiger partial charge in [0.25, 0.3) is 5.56 Å². The maximum absolute atomic E-state index is 12.6. The molecule has 0 radical (unpaired) electrons. The van der Waals surface area contributed by atoms with Crippen LogP contribution in [-0.2, 0) is 6.54 Å². The van der Waals surface area contributed by atoms with Gasteiger partial charge < -0.3 is 10.1 Å². The topological polar surface area (TPSA) is 69.0 Å². The number of nitrogens with one attached hydrogen (secondary N) is 1. The van der Waals surface area contributed by atoms with E-state index in [1.165, 1.54) is 34.9 Å². The Morgan fingerprint density at radius 1 is 1.06 bits per heavy atom. The van der Waals surface area contributed by atoms with E-state index in [0.717, 1.165) is 5.56 Å². The Kier molecular flexibility index (Phi) is 6.24. The minimum Gasteiger partial charge on any atom is -0.406 e. The van der Waals surface area contributed by atoms with Crippen LogP contribution in [0, 0.1) is 0 Å². The number of rotatable bonds is 6. The Bertz CT molecular complexity index is 1320. The molecule has 0 aliphatic carbocycles. The van der Waals surface area contributed by atoms with E-state index in [-0.39, 0.29) is 23.9 Å². The van der Waals surface area contributed by atoms with Crippen LogP contribution in [0.2, 0.25) is 5.02 Å². The fraction of sp³-hybridized carbons (Fsp3) is 0.174. The van der Waals surface area contributed by atoms with Crippen molar-refractivity contribution in [3.63, 3.8) is 0 Å². The Hall–Kier alpha value is -3.59. The molecule has 1 N–H and O–H groups in total. The second-order valence-corrected chi connectivity index (χ2v) is 7.78. The number of hydrogen-bond acceptors (Lipinski definition) is 5. The molecule has 4 aromatic rings. The Labute approximate surface area is 191 Å². The number of fused-ring (bicyclic) bond motifs is 1. The largest absolute Gasteiger partial charge is 0.573 e. The lowest BCUT2D eigenvalue weighted by Crippen LogP contribution is -2.21. The first-order valence-electron chi connectivity index (χ1n) is 9.91. The number of nitrogens with zero attached hydrogens (tertiary/aromatic N) is 3. The third kappa shape index (κ3) is 5.61. The summed E-state index contributed by atoms with van der Waals surface area (Å²) in [6.45, 7) is 2.06. The molecule has 10 heteroatoms. The van der Waals surface area contributed by atoms with Gasteiger partial charge in [-0.2, -0.15) is 4.98 Å². The van der Waals surface area contributed by atoms with Crippen LogP contribution in [0.4, 0.5) is 19.1 Å². The molecule has 2 heterocycles. The van der Waals surface area contributed by atoms with Crippen LogP contribution >= 0.6 is 11.6 Å². The van der Waals surface area contributed by atoms with Crippen LogP contribution < -0.4 is 15.6 Å². The van der Waals surface area contributed by atoms with Gasteiger partial charge in [-0.05, 0) is 48.4 Å². The van der Waals surface area contributed by atoms with E-state index in [4.69, 9.17) is 11.6 Å². The fourth-order valence-electron chi connectivity index (χ4n) is 3.30. The Balaban J connectivity index is 1.61. The number of hydrogen-bond donors (Lipinski definition) is 1. The van der Waals surface area contributed by atoms with Gasteiger partial charge in [0.15, 0.2) is 0 Å². The number of anilines is 1. The van der Waals surface area contributed by atoms with Crippen LogP contribution in [0.5, 0.6) is 5.75 Å². The molecule has 0 bridgehead atoms. The SMILES string of the molecule is CC(Nc1ncc2ccc(=O)n(Cc3ccc(OC(F)(F)F)cc3)c2n1)c1ccc(Cl)cc1. The first kappa shape index (κ1) is 22.6. The third-order valence-electron chi connectivity index (χ3n) is 4.94. The summed E-state index contributed by atoms with van der Waals surface area (Å²) in [6, 6.07) is 15.6.